The lowest BCUT2D eigenvalue weighted by molar-refractivity contribution is -0.128. The van der Waals surface area contributed by atoms with Gasteiger partial charge in [0.15, 0.2) is 0 Å². The summed E-state index contributed by atoms with van der Waals surface area (Å²) in [7, 11) is 0. The quantitative estimate of drug-likeness (QED) is 0.629. The number of carbonyl (C=O) groups excluding carboxylic acids is 1. The van der Waals surface area contributed by atoms with E-state index in [0.29, 0.717) is 13.1 Å². The molecule has 1 aliphatic rings. The molecule has 0 aliphatic carbocycles. The molecule has 0 bridgehead atoms. The lowest BCUT2D eigenvalue weighted by atomic mass is 10.1. The van der Waals surface area contributed by atoms with E-state index in [-0.39, 0.29) is 0 Å². The summed E-state index contributed by atoms with van der Waals surface area (Å²) < 4.78 is 5.80. The van der Waals surface area contributed by atoms with Crippen LogP contribution in [-0.4, -0.2) is 18.8 Å². The smallest absolute Gasteiger partial charge is 0.293 e. The van der Waals surface area contributed by atoms with Crippen LogP contribution in [0.15, 0.2) is 33.1 Å². The van der Waals surface area contributed by atoms with Crippen LogP contribution in [0.1, 0.15) is 12.0 Å². The topological polar surface area (TPSA) is 26.3 Å². The second-order valence-corrected chi connectivity index (χ2v) is 5.42. The van der Waals surface area contributed by atoms with Gasteiger partial charge in [0, 0.05) is 21.5 Å². The fourth-order valence-electron chi connectivity index (χ4n) is 1.58. The second-order valence-electron chi connectivity index (χ2n) is 3.49. The zero-order chi connectivity index (χ0) is 11.4. The van der Waals surface area contributed by atoms with Gasteiger partial charge in [-0.05, 0) is 23.8 Å². The number of ether oxygens (including phenoxy) is 1. The number of benzene rings is 1. The highest BCUT2D eigenvalue weighted by Gasteiger charge is 2.10. The Labute approximate surface area is 107 Å². The highest BCUT2D eigenvalue weighted by molar-refractivity contribution is 9.10. The third kappa shape index (κ3) is 2.89. The van der Waals surface area contributed by atoms with Crippen molar-refractivity contribution in [3.05, 3.63) is 33.8 Å². The van der Waals surface area contributed by atoms with Crippen LogP contribution < -0.4 is 0 Å². The first-order chi connectivity index (χ1) is 7.79. The van der Waals surface area contributed by atoms with E-state index in [9.17, 15) is 4.79 Å². The van der Waals surface area contributed by atoms with Crippen molar-refractivity contribution in [1.82, 2.24) is 0 Å². The molecule has 0 unspecified atom stereocenters. The lowest BCUT2D eigenvalue weighted by Gasteiger charge is -2.15. The van der Waals surface area contributed by atoms with Crippen LogP contribution in [0.25, 0.3) is 6.08 Å². The van der Waals surface area contributed by atoms with Crippen LogP contribution in [0.5, 0.6) is 0 Å². The first-order valence-corrected chi connectivity index (χ1v) is 6.74. The van der Waals surface area contributed by atoms with Crippen LogP contribution in [0, 0.1) is 0 Å². The van der Waals surface area contributed by atoms with Crippen LogP contribution in [0.4, 0.5) is 0 Å². The van der Waals surface area contributed by atoms with Gasteiger partial charge in [0.1, 0.15) is 0 Å². The van der Waals surface area contributed by atoms with Gasteiger partial charge in [0.25, 0.3) is 6.47 Å². The van der Waals surface area contributed by atoms with Crippen molar-refractivity contribution in [2.45, 2.75) is 11.3 Å². The molecule has 2 rings (SSSR count). The first kappa shape index (κ1) is 11.7. The van der Waals surface area contributed by atoms with E-state index in [1.54, 1.807) is 0 Å². The Balaban J connectivity index is 2.10. The summed E-state index contributed by atoms with van der Waals surface area (Å²) in [6, 6.07) is 6.29. The number of halogens is 1. The molecule has 1 aliphatic heterocycles. The number of carbonyl (C=O) groups is 1. The Hall–Kier alpha value is -0.740. The molecular formula is C12H11BrO2S. The highest BCUT2D eigenvalue weighted by atomic mass is 79.9. The fraction of sp³-hybridized carbons (Fsp3) is 0.250. The average molecular weight is 299 g/mol. The third-order valence-electron chi connectivity index (χ3n) is 2.35. The van der Waals surface area contributed by atoms with Gasteiger partial charge < -0.3 is 4.74 Å². The normalized spacial score (nSPS) is 13.9. The Bertz CT molecular complexity index is 429. The van der Waals surface area contributed by atoms with Crippen molar-refractivity contribution >= 4 is 40.2 Å². The number of rotatable bonds is 4. The Kier molecular flexibility index (Phi) is 4.07. The van der Waals surface area contributed by atoms with Gasteiger partial charge in [-0.15, -0.1) is 11.8 Å². The number of hydrogen-bond donors (Lipinski definition) is 0. The second kappa shape index (κ2) is 5.55. The molecule has 0 fully saturated rings. The van der Waals surface area contributed by atoms with Gasteiger partial charge in [-0.3, -0.25) is 4.79 Å². The average Bonchev–Trinajstić information content (AvgIpc) is 2.29. The van der Waals surface area contributed by atoms with E-state index in [1.807, 2.05) is 11.8 Å². The molecule has 84 valence electrons. The van der Waals surface area contributed by atoms with E-state index in [4.69, 9.17) is 4.74 Å². The van der Waals surface area contributed by atoms with Crippen molar-refractivity contribution < 1.29 is 9.53 Å². The molecular weight excluding hydrogens is 288 g/mol. The molecule has 1 aromatic rings. The Morgan fingerprint density at radius 3 is 3.19 bits per heavy atom. The maximum absolute atomic E-state index is 10.0. The summed E-state index contributed by atoms with van der Waals surface area (Å²) in [5.74, 6) is 0.983. The summed E-state index contributed by atoms with van der Waals surface area (Å²) in [6.45, 7) is 0.973. The summed E-state index contributed by atoms with van der Waals surface area (Å²) in [6.07, 6.45) is 3.00. The van der Waals surface area contributed by atoms with Crippen molar-refractivity contribution in [3.63, 3.8) is 0 Å². The minimum absolute atomic E-state index is 0.471. The molecule has 0 saturated carbocycles. The van der Waals surface area contributed by atoms with Crippen LogP contribution in [0.3, 0.4) is 0 Å². The first-order valence-electron chi connectivity index (χ1n) is 4.96. The minimum atomic E-state index is 0.471. The third-order valence-corrected chi connectivity index (χ3v) is 4.04. The van der Waals surface area contributed by atoms with Crippen LogP contribution in [0.2, 0.25) is 0 Å². The predicted molar refractivity (Wildman–Crippen MR) is 69.5 cm³/mol. The fourth-order valence-corrected chi connectivity index (χ4v) is 2.97. The SMILES string of the molecule is O=COCCC1=Cc2cc(Br)ccc2SC1. The Morgan fingerprint density at radius 1 is 1.50 bits per heavy atom. The van der Waals surface area contributed by atoms with Crippen LogP contribution >= 0.6 is 27.7 Å². The Morgan fingerprint density at radius 2 is 2.38 bits per heavy atom. The van der Waals surface area contributed by atoms with Gasteiger partial charge >= 0.3 is 0 Å². The molecule has 0 spiro atoms. The molecule has 16 heavy (non-hydrogen) atoms. The van der Waals surface area contributed by atoms with Crippen molar-refractivity contribution in [2.24, 2.45) is 0 Å². The summed E-state index contributed by atoms with van der Waals surface area (Å²) in [5, 5.41) is 0. The van der Waals surface area contributed by atoms with E-state index in [0.717, 1.165) is 16.6 Å². The molecule has 0 atom stereocenters. The largest absolute Gasteiger partial charge is 0.468 e. The monoisotopic (exact) mass is 298 g/mol. The van der Waals surface area contributed by atoms with Gasteiger partial charge in [-0.25, -0.2) is 0 Å². The standard InChI is InChI=1S/C12H11BrO2S/c13-11-1-2-12-10(6-11)5-9(7-16-12)3-4-15-8-14/h1-2,5-6,8H,3-4,7H2. The van der Waals surface area contributed by atoms with Crippen molar-refractivity contribution in [1.29, 1.82) is 0 Å². The van der Waals surface area contributed by atoms with E-state index in [2.05, 4.69) is 40.2 Å². The van der Waals surface area contributed by atoms with Crippen molar-refractivity contribution in [3.8, 4) is 0 Å². The molecule has 0 N–H and O–H groups in total. The summed E-state index contributed by atoms with van der Waals surface area (Å²) in [5.41, 5.74) is 2.56. The molecule has 2 nitrogen and oxygen atoms in total. The van der Waals surface area contributed by atoms with Crippen LogP contribution in [-0.2, 0) is 9.53 Å². The van der Waals surface area contributed by atoms with E-state index in [1.165, 1.54) is 16.0 Å². The maximum Gasteiger partial charge on any atom is 0.293 e. The molecule has 0 amide bonds. The highest BCUT2D eigenvalue weighted by Crippen LogP contribution is 2.34. The van der Waals surface area contributed by atoms with Gasteiger partial charge in [-0.2, -0.15) is 0 Å². The molecule has 4 heteroatoms. The zero-order valence-corrected chi connectivity index (χ0v) is 11.0. The molecule has 0 radical (unpaired) electrons. The molecule has 1 heterocycles. The summed E-state index contributed by atoms with van der Waals surface area (Å²) in [4.78, 5) is 11.3. The lowest BCUT2D eigenvalue weighted by Crippen LogP contribution is -2.00. The van der Waals surface area contributed by atoms with Crippen molar-refractivity contribution in [2.75, 3.05) is 12.4 Å². The number of hydrogen-bond acceptors (Lipinski definition) is 3. The molecule has 0 saturated heterocycles. The van der Waals surface area contributed by atoms with Gasteiger partial charge in [0.05, 0.1) is 6.61 Å². The predicted octanol–water partition coefficient (Wildman–Crippen LogP) is 3.50. The van der Waals surface area contributed by atoms with Gasteiger partial charge in [-0.1, -0.05) is 27.6 Å². The summed E-state index contributed by atoms with van der Waals surface area (Å²) >= 11 is 5.30. The zero-order valence-electron chi connectivity index (χ0n) is 8.61. The molecule has 1 aromatic carbocycles. The van der Waals surface area contributed by atoms with E-state index < -0.39 is 0 Å². The minimum Gasteiger partial charge on any atom is -0.468 e. The number of fused-ring (bicyclic) bond motifs is 1. The number of thioether (sulfide) groups is 1. The maximum atomic E-state index is 10.0. The van der Waals surface area contributed by atoms with Gasteiger partial charge in [0.2, 0.25) is 0 Å². The molecule has 0 aromatic heterocycles. The van der Waals surface area contributed by atoms with E-state index >= 15 is 0 Å².